The fraction of sp³-hybridized carbons (Fsp3) is 0.375. The van der Waals surface area contributed by atoms with E-state index in [2.05, 4.69) is 27.8 Å². The van der Waals surface area contributed by atoms with Crippen molar-refractivity contribution in [3.05, 3.63) is 51.5 Å². The van der Waals surface area contributed by atoms with Crippen molar-refractivity contribution in [1.29, 1.82) is 0 Å². The molecule has 0 bridgehead atoms. The third-order valence-electron chi connectivity index (χ3n) is 3.70. The number of carbonyl (C=O) groups is 1. The lowest BCUT2D eigenvalue weighted by Crippen LogP contribution is -2.48. The van der Waals surface area contributed by atoms with Crippen molar-refractivity contribution in [1.82, 2.24) is 15.6 Å². The lowest BCUT2D eigenvalue weighted by Gasteiger charge is -2.25. The van der Waals surface area contributed by atoms with Gasteiger partial charge in [-0.1, -0.05) is 24.3 Å². The topological polar surface area (TPSA) is 54.0 Å². The number of aryl methyl sites for hydroxylation is 1. The molecule has 4 nitrogen and oxygen atoms in total. The van der Waals surface area contributed by atoms with Gasteiger partial charge in [-0.25, -0.2) is 4.98 Å². The molecule has 0 saturated heterocycles. The van der Waals surface area contributed by atoms with Crippen LogP contribution in [0.3, 0.4) is 0 Å². The summed E-state index contributed by atoms with van der Waals surface area (Å²) < 4.78 is 0. The average molecular weight is 301 g/mol. The van der Waals surface area contributed by atoms with Crippen LogP contribution in [0.25, 0.3) is 0 Å². The second kappa shape index (κ2) is 6.37. The normalized spacial score (nSPS) is 17.3. The number of thiazole rings is 1. The van der Waals surface area contributed by atoms with Crippen molar-refractivity contribution in [3.8, 4) is 0 Å². The zero-order valence-electron chi connectivity index (χ0n) is 12.1. The molecule has 0 saturated carbocycles. The van der Waals surface area contributed by atoms with E-state index in [1.54, 1.807) is 11.3 Å². The van der Waals surface area contributed by atoms with Crippen molar-refractivity contribution in [2.75, 3.05) is 6.54 Å². The van der Waals surface area contributed by atoms with Gasteiger partial charge in [0.05, 0.1) is 11.0 Å². The number of carbonyl (C=O) groups excluding carboxylic acids is 1. The number of nitrogens with zero attached hydrogens (tertiary/aromatic N) is 1. The summed E-state index contributed by atoms with van der Waals surface area (Å²) in [5.41, 5.74) is 3.61. The fourth-order valence-electron chi connectivity index (χ4n) is 2.57. The minimum atomic E-state index is -0.127. The summed E-state index contributed by atoms with van der Waals surface area (Å²) in [5.74, 6) is 0.0813. The highest BCUT2D eigenvalue weighted by Crippen LogP contribution is 2.16. The van der Waals surface area contributed by atoms with Gasteiger partial charge < -0.3 is 10.6 Å². The number of hydrogen-bond donors (Lipinski definition) is 2. The average Bonchev–Trinajstić information content (AvgIpc) is 2.92. The van der Waals surface area contributed by atoms with E-state index in [0.717, 1.165) is 30.1 Å². The molecule has 1 atom stereocenters. The molecule has 21 heavy (non-hydrogen) atoms. The number of aromatic nitrogens is 1. The van der Waals surface area contributed by atoms with Crippen molar-refractivity contribution in [2.45, 2.75) is 32.4 Å². The molecule has 1 aromatic heterocycles. The molecular weight excluding hydrogens is 282 g/mol. The molecule has 5 heteroatoms. The molecule has 110 valence electrons. The standard InChI is InChI=1S/C16H19N3OS/c1-11-10-21-15(19-11)6-7-17-16(20)14-8-12-4-2-3-5-13(12)9-18-14/h2-5,10,14,18H,6-9H2,1H3,(H,17,20)/t14-/m1/s1. The van der Waals surface area contributed by atoms with Crippen LogP contribution in [0.1, 0.15) is 21.8 Å². The molecule has 1 aliphatic rings. The van der Waals surface area contributed by atoms with E-state index < -0.39 is 0 Å². The van der Waals surface area contributed by atoms with Crippen LogP contribution in [0.15, 0.2) is 29.6 Å². The van der Waals surface area contributed by atoms with Crippen LogP contribution >= 0.6 is 11.3 Å². The van der Waals surface area contributed by atoms with Crippen molar-refractivity contribution < 1.29 is 4.79 Å². The Labute approximate surface area is 128 Å². The number of rotatable bonds is 4. The molecule has 2 aromatic rings. The third-order valence-corrected chi connectivity index (χ3v) is 4.73. The highest BCUT2D eigenvalue weighted by molar-refractivity contribution is 7.09. The Hall–Kier alpha value is -1.72. The van der Waals surface area contributed by atoms with Crippen LogP contribution < -0.4 is 10.6 Å². The van der Waals surface area contributed by atoms with Gasteiger partial charge in [0.1, 0.15) is 0 Å². The highest BCUT2D eigenvalue weighted by atomic mass is 32.1. The molecule has 2 heterocycles. The van der Waals surface area contributed by atoms with Gasteiger partial charge in [-0.2, -0.15) is 0 Å². The van der Waals surface area contributed by atoms with Crippen molar-refractivity contribution in [2.24, 2.45) is 0 Å². The molecule has 2 N–H and O–H groups in total. The van der Waals surface area contributed by atoms with Gasteiger partial charge in [-0.3, -0.25) is 4.79 Å². The van der Waals surface area contributed by atoms with Gasteiger partial charge in [-0.05, 0) is 24.5 Å². The zero-order chi connectivity index (χ0) is 14.7. The Balaban J connectivity index is 1.50. The van der Waals surface area contributed by atoms with Crippen molar-refractivity contribution in [3.63, 3.8) is 0 Å². The Morgan fingerprint density at radius 2 is 2.24 bits per heavy atom. The van der Waals surface area contributed by atoms with Gasteiger partial charge in [0, 0.05) is 30.6 Å². The predicted molar refractivity (Wildman–Crippen MR) is 84.3 cm³/mol. The Kier molecular flexibility index (Phi) is 4.31. The van der Waals surface area contributed by atoms with Crippen molar-refractivity contribution >= 4 is 17.2 Å². The molecule has 1 amide bonds. The van der Waals surface area contributed by atoms with Crippen LogP contribution in [0.4, 0.5) is 0 Å². The Morgan fingerprint density at radius 3 is 3.00 bits per heavy atom. The van der Waals surface area contributed by atoms with Gasteiger partial charge in [0.2, 0.25) is 5.91 Å². The lowest BCUT2D eigenvalue weighted by atomic mass is 9.95. The van der Waals surface area contributed by atoms with Crippen LogP contribution in [0, 0.1) is 6.92 Å². The Morgan fingerprint density at radius 1 is 1.43 bits per heavy atom. The molecule has 1 aromatic carbocycles. The van der Waals surface area contributed by atoms with E-state index in [9.17, 15) is 4.79 Å². The first-order valence-corrected chi connectivity index (χ1v) is 8.09. The predicted octanol–water partition coefficient (Wildman–Crippen LogP) is 1.82. The number of amides is 1. The molecule has 1 aliphatic heterocycles. The largest absolute Gasteiger partial charge is 0.354 e. The molecule has 0 aliphatic carbocycles. The van der Waals surface area contributed by atoms with E-state index in [1.165, 1.54) is 11.1 Å². The summed E-state index contributed by atoms with van der Waals surface area (Å²) in [4.78, 5) is 16.6. The number of benzene rings is 1. The van der Waals surface area contributed by atoms with Crippen LogP contribution in [-0.4, -0.2) is 23.5 Å². The van der Waals surface area contributed by atoms with Gasteiger partial charge in [0.25, 0.3) is 0 Å². The summed E-state index contributed by atoms with van der Waals surface area (Å²) in [6.07, 6.45) is 1.56. The first-order valence-electron chi connectivity index (χ1n) is 7.21. The minimum absolute atomic E-state index is 0.0813. The summed E-state index contributed by atoms with van der Waals surface area (Å²) >= 11 is 1.65. The molecule has 0 radical (unpaired) electrons. The number of fused-ring (bicyclic) bond motifs is 1. The fourth-order valence-corrected chi connectivity index (χ4v) is 3.35. The van der Waals surface area contributed by atoms with E-state index in [-0.39, 0.29) is 11.9 Å². The minimum Gasteiger partial charge on any atom is -0.354 e. The van der Waals surface area contributed by atoms with E-state index in [4.69, 9.17) is 0 Å². The van der Waals surface area contributed by atoms with Gasteiger partial charge in [0.15, 0.2) is 0 Å². The smallest absolute Gasteiger partial charge is 0.237 e. The second-order valence-electron chi connectivity index (χ2n) is 5.33. The molecule has 3 rings (SSSR count). The highest BCUT2D eigenvalue weighted by Gasteiger charge is 2.23. The third kappa shape index (κ3) is 3.49. The van der Waals surface area contributed by atoms with Crippen LogP contribution in [0.5, 0.6) is 0 Å². The maximum Gasteiger partial charge on any atom is 0.237 e. The number of hydrogen-bond acceptors (Lipinski definition) is 4. The monoisotopic (exact) mass is 301 g/mol. The maximum atomic E-state index is 12.2. The van der Waals surface area contributed by atoms with Gasteiger partial charge in [-0.15, -0.1) is 11.3 Å². The maximum absolute atomic E-state index is 12.2. The second-order valence-corrected chi connectivity index (χ2v) is 6.27. The molecule has 0 spiro atoms. The number of nitrogens with one attached hydrogen (secondary N) is 2. The van der Waals surface area contributed by atoms with E-state index >= 15 is 0 Å². The molecule has 0 fully saturated rings. The summed E-state index contributed by atoms with van der Waals surface area (Å²) in [7, 11) is 0. The van der Waals surface area contributed by atoms with E-state index in [1.807, 2.05) is 24.4 Å². The Bertz CT molecular complexity index is 638. The summed E-state index contributed by atoms with van der Waals surface area (Å²) in [6, 6.07) is 8.16. The molecular formula is C16H19N3OS. The summed E-state index contributed by atoms with van der Waals surface area (Å²) in [6.45, 7) is 3.40. The van der Waals surface area contributed by atoms with Crippen LogP contribution in [-0.2, 0) is 24.2 Å². The SMILES string of the molecule is Cc1csc(CCNC(=O)[C@H]2Cc3ccccc3CN2)n1. The quantitative estimate of drug-likeness (QED) is 0.906. The van der Waals surface area contributed by atoms with Gasteiger partial charge >= 0.3 is 0 Å². The first-order chi connectivity index (χ1) is 10.2. The molecule has 0 unspecified atom stereocenters. The van der Waals surface area contributed by atoms with Crippen LogP contribution in [0.2, 0.25) is 0 Å². The lowest BCUT2D eigenvalue weighted by molar-refractivity contribution is -0.123. The first kappa shape index (κ1) is 14.2. The zero-order valence-corrected chi connectivity index (χ0v) is 12.9. The summed E-state index contributed by atoms with van der Waals surface area (Å²) in [5, 5.41) is 9.43. The van der Waals surface area contributed by atoms with E-state index in [0.29, 0.717) is 6.54 Å².